The molecule has 0 bridgehead atoms. The second kappa shape index (κ2) is 5.50. The van der Waals surface area contributed by atoms with Gasteiger partial charge in [0.05, 0.1) is 5.60 Å². The molecular weight excluding hydrogens is 190 g/mol. The van der Waals surface area contributed by atoms with Crippen LogP contribution in [-0.2, 0) is 4.79 Å². The van der Waals surface area contributed by atoms with Gasteiger partial charge in [0.2, 0.25) is 5.91 Å². The molecule has 0 aromatic carbocycles. The second-order valence-corrected chi connectivity index (χ2v) is 5.18. The first-order valence-corrected chi connectivity index (χ1v) is 5.66. The van der Waals surface area contributed by atoms with Gasteiger partial charge in [-0.2, -0.15) is 0 Å². The van der Waals surface area contributed by atoms with E-state index in [0.717, 1.165) is 6.42 Å². The smallest absolute Gasteiger partial charge is 0.225 e. The summed E-state index contributed by atoms with van der Waals surface area (Å²) in [6.45, 7) is 9.93. The van der Waals surface area contributed by atoms with Crippen molar-refractivity contribution in [2.75, 3.05) is 13.6 Å². The predicted octanol–water partition coefficient (Wildman–Crippen LogP) is 1.90. The molecule has 0 fully saturated rings. The molecule has 0 rings (SSSR count). The van der Waals surface area contributed by atoms with Gasteiger partial charge in [0.15, 0.2) is 0 Å². The van der Waals surface area contributed by atoms with Crippen molar-refractivity contribution in [3.05, 3.63) is 0 Å². The highest BCUT2D eigenvalue weighted by atomic mass is 16.3. The number of aliphatic hydroxyl groups is 1. The SMILES string of the molecule is CCC(C)C(C)C(=O)N(C)CC(C)(C)O. The Morgan fingerprint density at radius 2 is 1.87 bits per heavy atom. The fourth-order valence-corrected chi connectivity index (χ4v) is 1.60. The van der Waals surface area contributed by atoms with Crippen LogP contribution in [0, 0.1) is 11.8 Å². The number of rotatable bonds is 5. The highest BCUT2D eigenvalue weighted by Crippen LogP contribution is 2.17. The minimum atomic E-state index is -0.820. The summed E-state index contributed by atoms with van der Waals surface area (Å²) >= 11 is 0. The third-order valence-electron chi connectivity index (χ3n) is 2.89. The minimum Gasteiger partial charge on any atom is -0.389 e. The summed E-state index contributed by atoms with van der Waals surface area (Å²) in [4.78, 5) is 13.6. The summed E-state index contributed by atoms with van der Waals surface area (Å²) in [5, 5.41) is 9.62. The van der Waals surface area contributed by atoms with E-state index in [0.29, 0.717) is 12.5 Å². The van der Waals surface area contributed by atoms with Gasteiger partial charge in [-0.25, -0.2) is 0 Å². The topological polar surface area (TPSA) is 40.5 Å². The van der Waals surface area contributed by atoms with Crippen LogP contribution in [0.4, 0.5) is 0 Å². The van der Waals surface area contributed by atoms with Crippen molar-refractivity contribution in [2.24, 2.45) is 11.8 Å². The molecule has 0 aliphatic carbocycles. The van der Waals surface area contributed by atoms with Crippen LogP contribution in [-0.4, -0.2) is 35.1 Å². The second-order valence-electron chi connectivity index (χ2n) is 5.18. The lowest BCUT2D eigenvalue weighted by atomic mass is 9.92. The minimum absolute atomic E-state index is 0.0300. The lowest BCUT2D eigenvalue weighted by Gasteiger charge is -2.29. The summed E-state index contributed by atoms with van der Waals surface area (Å²) in [6.07, 6.45) is 1.00. The maximum atomic E-state index is 11.9. The van der Waals surface area contributed by atoms with Crippen LogP contribution in [0.2, 0.25) is 0 Å². The summed E-state index contributed by atoms with van der Waals surface area (Å²) in [5.74, 6) is 0.538. The van der Waals surface area contributed by atoms with E-state index < -0.39 is 5.60 Å². The third-order valence-corrected chi connectivity index (χ3v) is 2.89. The van der Waals surface area contributed by atoms with E-state index in [4.69, 9.17) is 0 Å². The Hall–Kier alpha value is -0.570. The van der Waals surface area contributed by atoms with Crippen LogP contribution in [0.3, 0.4) is 0 Å². The van der Waals surface area contributed by atoms with Crippen molar-refractivity contribution in [2.45, 2.75) is 46.6 Å². The highest BCUT2D eigenvalue weighted by molar-refractivity contribution is 5.78. The van der Waals surface area contributed by atoms with E-state index in [1.165, 1.54) is 0 Å². The molecule has 0 heterocycles. The van der Waals surface area contributed by atoms with Gasteiger partial charge in [-0.15, -0.1) is 0 Å². The zero-order chi connectivity index (χ0) is 12.2. The van der Waals surface area contributed by atoms with Crippen molar-refractivity contribution in [3.8, 4) is 0 Å². The number of nitrogens with zero attached hydrogens (tertiary/aromatic N) is 1. The third kappa shape index (κ3) is 5.17. The predicted molar refractivity (Wildman–Crippen MR) is 62.6 cm³/mol. The van der Waals surface area contributed by atoms with Crippen LogP contribution >= 0.6 is 0 Å². The molecule has 0 aromatic heterocycles. The Bertz CT molecular complexity index is 208. The highest BCUT2D eigenvalue weighted by Gasteiger charge is 2.25. The maximum absolute atomic E-state index is 11.9. The average Bonchev–Trinajstić information content (AvgIpc) is 2.11. The van der Waals surface area contributed by atoms with E-state index >= 15 is 0 Å². The molecule has 0 radical (unpaired) electrons. The zero-order valence-corrected chi connectivity index (χ0v) is 10.9. The first-order valence-electron chi connectivity index (χ1n) is 5.66. The fourth-order valence-electron chi connectivity index (χ4n) is 1.60. The molecule has 0 aliphatic rings. The fraction of sp³-hybridized carbons (Fsp3) is 0.917. The summed E-state index contributed by atoms with van der Waals surface area (Å²) in [7, 11) is 1.75. The standard InChI is InChI=1S/C12H25NO2/c1-7-9(2)10(3)11(14)13(6)8-12(4,5)15/h9-10,15H,7-8H2,1-6H3. The van der Waals surface area contributed by atoms with Gasteiger partial charge in [0.1, 0.15) is 0 Å². The van der Waals surface area contributed by atoms with E-state index in [1.54, 1.807) is 25.8 Å². The number of carbonyl (C=O) groups is 1. The molecule has 0 aliphatic heterocycles. The molecular formula is C12H25NO2. The van der Waals surface area contributed by atoms with Gasteiger partial charge >= 0.3 is 0 Å². The largest absolute Gasteiger partial charge is 0.389 e. The molecule has 3 nitrogen and oxygen atoms in total. The first kappa shape index (κ1) is 14.4. The molecule has 1 N–H and O–H groups in total. The van der Waals surface area contributed by atoms with Crippen LogP contribution in [0.1, 0.15) is 41.0 Å². The molecule has 0 saturated heterocycles. The van der Waals surface area contributed by atoms with Gasteiger partial charge in [0, 0.05) is 19.5 Å². The molecule has 0 spiro atoms. The summed E-state index contributed by atoms with van der Waals surface area (Å²) < 4.78 is 0. The first-order chi connectivity index (χ1) is 6.69. The lowest BCUT2D eigenvalue weighted by Crippen LogP contribution is -2.42. The van der Waals surface area contributed by atoms with E-state index in [1.807, 2.05) is 6.92 Å². The van der Waals surface area contributed by atoms with Gasteiger partial charge in [-0.1, -0.05) is 27.2 Å². The Morgan fingerprint density at radius 3 is 2.20 bits per heavy atom. The Kier molecular flexibility index (Phi) is 5.29. The van der Waals surface area contributed by atoms with Crippen LogP contribution < -0.4 is 0 Å². The van der Waals surface area contributed by atoms with Gasteiger partial charge in [-0.3, -0.25) is 4.79 Å². The number of likely N-dealkylation sites (N-methyl/N-ethyl adjacent to an activating group) is 1. The van der Waals surface area contributed by atoms with Crippen molar-refractivity contribution >= 4 is 5.91 Å². The average molecular weight is 215 g/mol. The molecule has 2 unspecified atom stereocenters. The van der Waals surface area contributed by atoms with E-state index in [9.17, 15) is 9.90 Å². The quantitative estimate of drug-likeness (QED) is 0.761. The Morgan fingerprint density at radius 1 is 1.40 bits per heavy atom. The molecule has 0 saturated carbocycles. The van der Waals surface area contributed by atoms with Crippen molar-refractivity contribution in [1.82, 2.24) is 4.90 Å². The number of amides is 1. The van der Waals surface area contributed by atoms with Crippen LogP contribution in [0.25, 0.3) is 0 Å². The summed E-state index contributed by atoms with van der Waals surface area (Å²) in [5.41, 5.74) is -0.820. The Balaban J connectivity index is 4.32. The van der Waals surface area contributed by atoms with E-state index in [2.05, 4.69) is 13.8 Å². The molecule has 3 heteroatoms. The molecule has 15 heavy (non-hydrogen) atoms. The number of carbonyl (C=O) groups excluding carboxylic acids is 1. The summed E-state index contributed by atoms with van der Waals surface area (Å²) in [6, 6.07) is 0. The number of hydrogen-bond acceptors (Lipinski definition) is 2. The Labute approximate surface area is 93.5 Å². The number of hydrogen-bond donors (Lipinski definition) is 1. The van der Waals surface area contributed by atoms with Crippen LogP contribution in [0.15, 0.2) is 0 Å². The van der Waals surface area contributed by atoms with Crippen molar-refractivity contribution in [1.29, 1.82) is 0 Å². The molecule has 1 amide bonds. The van der Waals surface area contributed by atoms with Crippen molar-refractivity contribution < 1.29 is 9.90 Å². The molecule has 90 valence electrons. The van der Waals surface area contributed by atoms with Gasteiger partial charge in [-0.05, 0) is 19.8 Å². The molecule has 2 atom stereocenters. The zero-order valence-electron chi connectivity index (χ0n) is 10.9. The molecule has 0 aromatic rings. The van der Waals surface area contributed by atoms with E-state index in [-0.39, 0.29) is 11.8 Å². The van der Waals surface area contributed by atoms with Crippen LogP contribution in [0.5, 0.6) is 0 Å². The normalized spacial score (nSPS) is 15.9. The monoisotopic (exact) mass is 215 g/mol. The van der Waals surface area contributed by atoms with Gasteiger partial charge in [0.25, 0.3) is 0 Å². The van der Waals surface area contributed by atoms with Crippen molar-refractivity contribution in [3.63, 3.8) is 0 Å². The maximum Gasteiger partial charge on any atom is 0.225 e. The van der Waals surface area contributed by atoms with Gasteiger partial charge < -0.3 is 10.0 Å². The lowest BCUT2D eigenvalue weighted by molar-refractivity contribution is -0.137.